The molecule has 0 radical (unpaired) electrons. The van der Waals surface area contributed by atoms with Gasteiger partial charge in [-0.05, 0) is 24.6 Å². The van der Waals surface area contributed by atoms with Crippen molar-refractivity contribution in [2.45, 2.75) is 32.2 Å². The van der Waals surface area contributed by atoms with Gasteiger partial charge in [0.25, 0.3) is 0 Å². The third-order valence-electron chi connectivity index (χ3n) is 4.61. The van der Waals surface area contributed by atoms with E-state index in [0.29, 0.717) is 18.8 Å². The summed E-state index contributed by atoms with van der Waals surface area (Å²) in [6.45, 7) is 4.33. The summed E-state index contributed by atoms with van der Waals surface area (Å²) in [7, 11) is 1.62. The molecule has 7 heteroatoms. The minimum absolute atomic E-state index is 0.0326. The average Bonchev–Trinajstić information content (AvgIpc) is 3.21. The molecule has 1 N–H and O–H groups in total. The van der Waals surface area contributed by atoms with E-state index < -0.39 is 0 Å². The van der Waals surface area contributed by atoms with Gasteiger partial charge >= 0.3 is 0 Å². The maximum atomic E-state index is 12.6. The van der Waals surface area contributed by atoms with Crippen LogP contribution in [0.5, 0.6) is 5.75 Å². The SMILES string of the molecule is COc1ccc([C@@H]2CN(C(=O)Cc3cc(C)no3)C[C@H]2NC(C)=O)cc1. The lowest BCUT2D eigenvalue weighted by molar-refractivity contribution is -0.130. The Bertz CT molecular complexity index is 784. The Hall–Kier alpha value is -2.83. The third-order valence-corrected chi connectivity index (χ3v) is 4.61. The van der Waals surface area contributed by atoms with Crippen molar-refractivity contribution in [1.29, 1.82) is 0 Å². The number of aromatic nitrogens is 1. The van der Waals surface area contributed by atoms with Crippen LogP contribution < -0.4 is 10.1 Å². The van der Waals surface area contributed by atoms with Crippen LogP contribution in [0.2, 0.25) is 0 Å². The van der Waals surface area contributed by atoms with E-state index in [1.54, 1.807) is 18.1 Å². The predicted molar refractivity (Wildman–Crippen MR) is 94.9 cm³/mol. The fourth-order valence-corrected chi connectivity index (χ4v) is 3.36. The zero-order valence-electron chi connectivity index (χ0n) is 15.2. The van der Waals surface area contributed by atoms with Gasteiger partial charge < -0.3 is 19.5 Å². The molecule has 1 aromatic carbocycles. The molecule has 2 atom stereocenters. The van der Waals surface area contributed by atoms with Crippen LogP contribution in [-0.4, -0.2) is 48.1 Å². The van der Waals surface area contributed by atoms with Crippen molar-refractivity contribution in [1.82, 2.24) is 15.4 Å². The largest absolute Gasteiger partial charge is 0.497 e. The molecule has 0 bridgehead atoms. The van der Waals surface area contributed by atoms with Gasteiger partial charge in [0.2, 0.25) is 11.8 Å². The van der Waals surface area contributed by atoms with Crippen molar-refractivity contribution >= 4 is 11.8 Å². The summed E-state index contributed by atoms with van der Waals surface area (Å²) in [5.41, 5.74) is 1.82. The van der Waals surface area contributed by atoms with Crippen LogP contribution >= 0.6 is 0 Å². The highest BCUT2D eigenvalue weighted by Crippen LogP contribution is 2.29. The molecule has 0 aliphatic carbocycles. The van der Waals surface area contributed by atoms with Crippen molar-refractivity contribution in [3.63, 3.8) is 0 Å². The highest BCUT2D eigenvalue weighted by molar-refractivity contribution is 5.79. The lowest BCUT2D eigenvalue weighted by Gasteiger charge is -2.19. The molecule has 2 amide bonds. The Balaban J connectivity index is 1.74. The summed E-state index contributed by atoms with van der Waals surface area (Å²) in [6.07, 6.45) is 0.170. The van der Waals surface area contributed by atoms with Crippen LogP contribution in [-0.2, 0) is 16.0 Å². The van der Waals surface area contributed by atoms with Crippen molar-refractivity contribution in [2.24, 2.45) is 0 Å². The first-order valence-electron chi connectivity index (χ1n) is 8.57. The second kappa shape index (κ2) is 7.59. The number of rotatable bonds is 5. The van der Waals surface area contributed by atoms with Gasteiger partial charge in [-0.3, -0.25) is 9.59 Å². The zero-order chi connectivity index (χ0) is 18.7. The summed E-state index contributed by atoms with van der Waals surface area (Å²) >= 11 is 0. The van der Waals surface area contributed by atoms with E-state index in [4.69, 9.17) is 9.26 Å². The summed E-state index contributed by atoms with van der Waals surface area (Å²) in [5, 5.41) is 6.79. The molecule has 1 saturated heterocycles. The van der Waals surface area contributed by atoms with Crippen molar-refractivity contribution in [3.8, 4) is 5.75 Å². The van der Waals surface area contributed by atoms with Crippen molar-refractivity contribution in [3.05, 3.63) is 47.3 Å². The number of methoxy groups -OCH3 is 1. The fraction of sp³-hybridized carbons (Fsp3) is 0.421. The van der Waals surface area contributed by atoms with Crippen molar-refractivity contribution in [2.75, 3.05) is 20.2 Å². The molecule has 138 valence electrons. The van der Waals surface area contributed by atoms with Crippen LogP contribution in [0.25, 0.3) is 0 Å². The lowest BCUT2D eigenvalue weighted by atomic mass is 9.94. The third kappa shape index (κ3) is 4.04. The minimum atomic E-state index is -0.124. The van der Waals surface area contributed by atoms with Gasteiger partial charge in [0.15, 0.2) is 0 Å². The Morgan fingerprint density at radius 3 is 2.62 bits per heavy atom. The molecule has 3 rings (SSSR count). The Labute approximate surface area is 152 Å². The highest BCUT2D eigenvalue weighted by Gasteiger charge is 2.36. The monoisotopic (exact) mass is 357 g/mol. The summed E-state index contributed by atoms with van der Waals surface area (Å²) in [4.78, 5) is 26.0. The molecule has 2 heterocycles. The highest BCUT2D eigenvalue weighted by atomic mass is 16.5. The molecule has 1 fully saturated rings. The average molecular weight is 357 g/mol. The van der Waals surface area contributed by atoms with E-state index in [1.807, 2.05) is 31.2 Å². The fourth-order valence-electron chi connectivity index (χ4n) is 3.36. The van der Waals surface area contributed by atoms with Crippen LogP contribution in [0.15, 0.2) is 34.9 Å². The number of nitrogens with one attached hydrogen (secondary N) is 1. The zero-order valence-corrected chi connectivity index (χ0v) is 15.2. The number of nitrogens with zero attached hydrogens (tertiary/aromatic N) is 2. The van der Waals surface area contributed by atoms with Crippen molar-refractivity contribution < 1.29 is 18.8 Å². The maximum absolute atomic E-state index is 12.6. The Kier molecular flexibility index (Phi) is 5.25. The van der Waals surface area contributed by atoms with E-state index >= 15 is 0 Å². The van der Waals surface area contributed by atoms with Crippen LogP contribution in [0, 0.1) is 6.92 Å². The number of likely N-dealkylation sites (tertiary alicyclic amines) is 1. The molecular formula is C19H23N3O4. The molecular weight excluding hydrogens is 334 g/mol. The standard InChI is InChI=1S/C19H23N3O4/c1-12-8-16(26-21-12)9-19(24)22-10-17(18(11-22)20-13(2)23)14-4-6-15(25-3)7-5-14/h4-8,17-18H,9-11H2,1-3H3,(H,20,23)/t17-,18+/m0/s1. The molecule has 1 aliphatic heterocycles. The number of carbonyl (C=O) groups excluding carboxylic acids is 2. The van der Waals surface area contributed by atoms with Gasteiger partial charge in [-0.15, -0.1) is 0 Å². The van der Waals surface area contributed by atoms with Crippen LogP contribution in [0.1, 0.15) is 29.9 Å². The number of ether oxygens (including phenoxy) is 1. The number of hydrogen-bond donors (Lipinski definition) is 1. The molecule has 1 aliphatic rings. The number of benzene rings is 1. The Morgan fingerprint density at radius 2 is 2.04 bits per heavy atom. The van der Waals surface area contributed by atoms with Gasteiger partial charge in [-0.25, -0.2) is 0 Å². The number of carbonyl (C=O) groups is 2. The summed E-state index contributed by atoms with van der Waals surface area (Å²) in [5.74, 6) is 1.22. The van der Waals surface area contributed by atoms with Gasteiger partial charge in [0, 0.05) is 32.0 Å². The van der Waals surface area contributed by atoms with E-state index in [9.17, 15) is 9.59 Å². The topological polar surface area (TPSA) is 84.7 Å². The second-order valence-electron chi connectivity index (χ2n) is 6.60. The first-order valence-corrected chi connectivity index (χ1v) is 8.57. The Morgan fingerprint density at radius 1 is 1.31 bits per heavy atom. The molecule has 0 unspecified atom stereocenters. The van der Waals surface area contributed by atoms with E-state index in [2.05, 4.69) is 10.5 Å². The molecule has 1 aromatic heterocycles. The molecule has 0 spiro atoms. The maximum Gasteiger partial charge on any atom is 0.230 e. The quantitative estimate of drug-likeness (QED) is 0.880. The lowest BCUT2D eigenvalue weighted by Crippen LogP contribution is -2.39. The van der Waals surface area contributed by atoms with Crippen LogP contribution in [0.3, 0.4) is 0 Å². The van der Waals surface area contributed by atoms with E-state index in [0.717, 1.165) is 17.0 Å². The van der Waals surface area contributed by atoms with Crippen LogP contribution in [0.4, 0.5) is 0 Å². The summed E-state index contributed by atoms with van der Waals surface area (Å²) in [6, 6.07) is 9.38. The number of aryl methyl sites for hydroxylation is 1. The first-order chi connectivity index (χ1) is 12.5. The minimum Gasteiger partial charge on any atom is -0.497 e. The number of hydrogen-bond acceptors (Lipinski definition) is 5. The second-order valence-corrected chi connectivity index (χ2v) is 6.60. The smallest absolute Gasteiger partial charge is 0.230 e. The van der Waals surface area contributed by atoms with Gasteiger partial charge in [-0.2, -0.15) is 0 Å². The predicted octanol–water partition coefficient (Wildman–Crippen LogP) is 1.66. The van der Waals surface area contributed by atoms with E-state index in [-0.39, 0.29) is 30.2 Å². The molecule has 26 heavy (non-hydrogen) atoms. The summed E-state index contributed by atoms with van der Waals surface area (Å²) < 4.78 is 10.3. The van der Waals surface area contributed by atoms with Gasteiger partial charge in [0.1, 0.15) is 11.5 Å². The molecule has 2 aromatic rings. The molecule has 0 saturated carbocycles. The first kappa shape index (κ1) is 18.0. The molecule has 7 nitrogen and oxygen atoms in total. The van der Waals surface area contributed by atoms with Gasteiger partial charge in [-0.1, -0.05) is 17.3 Å². The number of amides is 2. The van der Waals surface area contributed by atoms with Gasteiger partial charge in [0.05, 0.1) is 25.3 Å². The van der Waals surface area contributed by atoms with E-state index in [1.165, 1.54) is 6.92 Å². The normalized spacial score (nSPS) is 19.4.